The molecule has 0 saturated carbocycles. The molecule has 4 rings (SSSR count). The minimum Gasteiger partial charge on any atom is -0.273 e. The number of barbiturate groups is 1. The van der Waals surface area contributed by atoms with E-state index in [0.717, 1.165) is 10.5 Å². The maximum Gasteiger partial charge on any atom is 0.335 e. The highest BCUT2D eigenvalue weighted by Gasteiger charge is 2.40. The van der Waals surface area contributed by atoms with Crippen molar-refractivity contribution in [3.05, 3.63) is 71.8 Å². The van der Waals surface area contributed by atoms with Crippen molar-refractivity contribution in [2.24, 2.45) is 11.0 Å². The van der Waals surface area contributed by atoms with Crippen molar-refractivity contribution in [3.63, 3.8) is 0 Å². The van der Waals surface area contributed by atoms with Gasteiger partial charge in [0.15, 0.2) is 0 Å². The Morgan fingerprint density at radius 3 is 2.23 bits per heavy atom. The van der Waals surface area contributed by atoms with Gasteiger partial charge in [-0.25, -0.2) is 9.69 Å². The molecule has 150 valence electrons. The highest BCUT2D eigenvalue weighted by molar-refractivity contribution is 6.38. The van der Waals surface area contributed by atoms with Gasteiger partial charge < -0.3 is 0 Å². The summed E-state index contributed by atoms with van der Waals surface area (Å²) in [6, 6.07) is 14.8. The molecule has 2 aromatic rings. The number of anilines is 2. The van der Waals surface area contributed by atoms with Gasteiger partial charge in [-0.3, -0.25) is 19.7 Å². The van der Waals surface area contributed by atoms with Crippen molar-refractivity contribution < 1.29 is 19.2 Å². The Labute approximate surface area is 172 Å². The first-order valence-electron chi connectivity index (χ1n) is 9.29. The second-order valence-electron chi connectivity index (χ2n) is 7.02. The van der Waals surface area contributed by atoms with E-state index in [4.69, 9.17) is 0 Å². The zero-order valence-corrected chi connectivity index (χ0v) is 16.3. The molecule has 2 aliphatic heterocycles. The summed E-state index contributed by atoms with van der Waals surface area (Å²) in [6.07, 6.45) is 1.27. The predicted octanol–water partition coefficient (Wildman–Crippen LogP) is 2.54. The molecule has 2 heterocycles. The first-order valence-corrected chi connectivity index (χ1v) is 9.29. The zero-order valence-electron chi connectivity index (χ0n) is 16.3. The number of amides is 5. The van der Waals surface area contributed by atoms with E-state index < -0.39 is 23.8 Å². The number of nitrogens with zero attached hydrogens (tertiary/aromatic N) is 3. The highest BCUT2D eigenvalue weighted by atomic mass is 16.2. The molecule has 0 aromatic heterocycles. The van der Waals surface area contributed by atoms with Crippen LogP contribution < -0.4 is 15.2 Å². The Bertz CT molecular complexity index is 1120. The van der Waals surface area contributed by atoms with Crippen LogP contribution in [-0.2, 0) is 14.4 Å². The Balaban J connectivity index is 1.67. The number of rotatable bonds is 3. The maximum absolute atomic E-state index is 13.0. The molecule has 2 aromatic carbocycles. The molecule has 0 radical (unpaired) electrons. The van der Waals surface area contributed by atoms with Crippen LogP contribution in [0.25, 0.3) is 0 Å². The molecule has 0 spiro atoms. The number of benzene rings is 2. The number of carbonyl (C=O) groups is 4. The first-order chi connectivity index (χ1) is 14.4. The van der Waals surface area contributed by atoms with Crippen molar-refractivity contribution >= 4 is 40.8 Å². The minimum atomic E-state index is -0.886. The molecule has 0 bridgehead atoms. The number of hydrogen-bond donors (Lipinski definition) is 1. The SMILES string of the molecule is CC1=NN(c2ccccc2)C(=O)C1/C=C1/C(=O)NC(=O)N(c2ccc(C)cc2)C1=O. The molecule has 5 amide bonds. The summed E-state index contributed by atoms with van der Waals surface area (Å²) in [7, 11) is 0. The van der Waals surface area contributed by atoms with Gasteiger partial charge in [0.2, 0.25) is 0 Å². The number of nitrogens with one attached hydrogen (secondary N) is 1. The van der Waals surface area contributed by atoms with Crippen LogP contribution in [0.2, 0.25) is 0 Å². The van der Waals surface area contributed by atoms with E-state index in [9.17, 15) is 19.2 Å². The van der Waals surface area contributed by atoms with Crippen LogP contribution >= 0.6 is 0 Å². The minimum absolute atomic E-state index is 0.280. The lowest BCUT2D eigenvalue weighted by Crippen LogP contribution is -2.54. The van der Waals surface area contributed by atoms with Crippen LogP contribution in [0, 0.1) is 12.8 Å². The third-order valence-corrected chi connectivity index (χ3v) is 4.91. The topological polar surface area (TPSA) is 99.2 Å². The van der Waals surface area contributed by atoms with Crippen molar-refractivity contribution in [1.82, 2.24) is 5.32 Å². The van der Waals surface area contributed by atoms with Crippen molar-refractivity contribution in [3.8, 4) is 0 Å². The fraction of sp³-hybridized carbons (Fsp3) is 0.136. The largest absolute Gasteiger partial charge is 0.335 e. The van der Waals surface area contributed by atoms with E-state index in [1.54, 1.807) is 55.5 Å². The summed E-state index contributed by atoms with van der Waals surface area (Å²) in [5.74, 6) is -2.90. The highest BCUT2D eigenvalue weighted by Crippen LogP contribution is 2.27. The summed E-state index contributed by atoms with van der Waals surface area (Å²) in [4.78, 5) is 51.5. The molecule has 1 unspecified atom stereocenters. The van der Waals surface area contributed by atoms with Crippen LogP contribution in [0.5, 0.6) is 0 Å². The van der Waals surface area contributed by atoms with E-state index >= 15 is 0 Å². The molecular weight excluding hydrogens is 384 g/mol. The monoisotopic (exact) mass is 402 g/mol. The van der Waals surface area contributed by atoms with Gasteiger partial charge in [-0.2, -0.15) is 10.1 Å². The number of para-hydroxylation sites is 1. The number of urea groups is 1. The summed E-state index contributed by atoms with van der Waals surface area (Å²) >= 11 is 0. The molecule has 2 aliphatic rings. The second kappa shape index (κ2) is 7.40. The lowest BCUT2D eigenvalue weighted by molar-refractivity contribution is -0.122. The lowest BCUT2D eigenvalue weighted by Gasteiger charge is -2.26. The van der Waals surface area contributed by atoms with Crippen molar-refractivity contribution in [2.75, 3.05) is 9.91 Å². The first kappa shape index (κ1) is 19.3. The third-order valence-electron chi connectivity index (χ3n) is 4.91. The standard InChI is InChI=1S/C22H18N4O4/c1-13-8-10-15(11-9-13)25-20(28)18(19(27)23-22(25)30)12-17-14(2)24-26(21(17)29)16-6-4-3-5-7-16/h3-12,17H,1-2H3,(H,23,27,30)/b18-12-. The van der Waals surface area contributed by atoms with E-state index in [0.29, 0.717) is 17.1 Å². The molecular formula is C22H18N4O4. The molecule has 1 N–H and O–H groups in total. The van der Waals surface area contributed by atoms with Gasteiger partial charge in [-0.1, -0.05) is 35.9 Å². The summed E-state index contributed by atoms with van der Waals surface area (Å²) < 4.78 is 0. The average molecular weight is 402 g/mol. The predicted molar refractivity (Wildman–Crippen MR) is 111 cm³/mol. The number of imide groups is 2. The average Bonchev–Trinajstić information content (AvgIpc) is 3.01. The Morgan fingerprint density at radius 1 is 0.900 bits per heavy atom. The number of carbonyl (C=O) groups excluding carboxylic acids is 4. The fourth-order valence-electron chi connectivity index (χ4n) is 3.30. The number of hydrogen-bond acceptors (Lipinski definition) is 5. The van der Waals surface area contributed by atoms with Gasteiger partial charge in [0.05, 0.1) is 23.0 Å². The van der Waals surface area contributed by atoms with Crippen LogP contribution in [-0.4, -0.2) is 29.5 Å². The van der Waals surface area contributed by atoms with Gasteiger partial charge in [-0.15, -0.1) is 0 Å². The molecule has 8 heteroatoms. The second-order valence-corrected chi connectivity index (χ2v) is 7.02. The molecule has 1 saturated heterocycles. The summed E-state index contributed by atoms with van der Waals surface area (Å²) in [6.45, 7) is 3.53. The van der Waals surface area contributed by atoms with E-state index in [2.05, 4.69) is 10.4 Å². The van der Waals surface area contributed by atoms with E-state index in [1.165, 1.54) is 11.1 Å². The zero-order chi connectivity index (χ0) is 21.4. The van der Waals surface area contributed by atoms with Crippen LogP contribution in [0.4, 0.5) is 16.2 Å². The lowest BCUT2D eigenvalue weighted by atomic mass is 9.98. The Hall–Kier alpha value is -4.07. The third kappa shape index (κ3) is 3.28. The summed E-state index contributed by atoms with van der Waals surface area (Å²) in [5.41, 5.74) is 2.03. The van der Waals surface area contributed by atoms with Gasteiger partial charge in [0, 0.05) is 0 Å². The van der Waals surface area contributed by atoms with E-state index in [-0.39, 0.29) is 11.5 Å². The van der Waals surface area contributed by atoms with Gasteiger partial charge in [0.1, 0.15) is 5.57 Å². The smallest absolute Gasteiger partial charge is 0.273 e. The molecule has 0 aliphatic carbocycles. The maximum atomic E-state index is 13.0. The van der Waals surface area contributed by atoms with Crippen LogP contribution in [0.1, 0.15) is 12.5 Å². The van der Waals surface area contributed by atoms with Crippen LogP contribution in [0.3, 0.4) is 0 Å². The van der Waals surface area contributed by atoms with E-state index in [1.807, 2.05) is 13.0 Å². The molecule has 1 fully saturated rings. The normalized spacial score (nSPS) is 20.7. The quantitative estimate of drug-likeness (QED) is 0.630. The van der Waals surface area contributed by atoms with Crippen LogP contribution in [0.15, 0.2) is 71.3 Å². The Morgan fingerprint density at radius 2 is 1.57 bits per heavy atom. The summed E-state index contributed by atoms with van der Waals surface area (Å²) in [5, 5.41) is 7.68. The number of aryl methyl sites for hydroxylation is 1. The van der Waals surface area contributed by atoms with Gasteiger partial charge >= 0.3 is 6.03 Å². The molecule has 1 atom stereocenters. The van der Waals surface area contributed by atoms with Gasteiger partial charge in [-0.05, 0) is 44.2 Å². The Kier molecular flexibility index (Phi) is 4.75. The molecule has 30 heavy (non-hydrogen) atoms. The fourth-order valence-corrected chi connectivity index (χ4v) is 3.30. The van der Waals surface area contributed by atoms with Crippen molar-refractivity contribution in [1.29, 1.82) is 0 Å². The van der Waals surface area contributed by atoms with Crippen molar-refractivity contribution in [2.45, 2.75) is 13.8 Å². The number of hydrazone groups is 1. The molecule has 8 nitrogen and oxygen atoms in total. The van der Waals surface area contributed by atoms with Gasteiger partial charge in [0.25, 0.3) is 17.7 Å².